The van der Waals surface area contributed by atoms with Gasteiger partial charge >= 0.3 is 12.1 Å². The van der Waals surface area contributed by atoms with Gasteiger partial charge in [0.15, 0.2) is 5.71 Å². The van der Waals surface area contributed by atoms with Crippen molar-refractivity contribution in [1.82, 2.24) is 0 Å². The van der Waals surface area contributed by atoms with E-state index in [2.05, 4.69) is 15.3 Å². The summed E-state index contributed by atoms with van der Waals surface area (Å²) < 4.78 is 53.7. The van der Waals surface area contributed by atoms with Crippen molar-refractivity contribution in [2.45, 2.75) is 19.5 Å². The van der Waals surface area contributed by atoms with E-state index in [-0.39, 0.29) is 41.3 Å². The fourth-order valence-corrected chi connectivity index (χ4v) is 2.12. The summed E-state index contributed by atoms with van der Waals surface area (Å²) >= 11 is 11.9. The van der Waals surface area contributed by atoms with Crippen LogP contribution in [0.15, 0.2) is 17.2 Å². The summed E-state index contributed by atoms with van der Waals surface area (Å²) in [5, 5.41) is 3.44. The number of nitrogens with zero attached hydrogens (tertiary/aromatic N) is 1. The van der Waals surface area contributed by atoms with Crippen LogP contribution in [0.1, 0.15) is 13.3 Å². The molecule has 0 bridgehead atoms. The molecule has 1 aromatic rings. The second-order valence-corrected chi connectivity index (χ2v) is 5.57. The highest BCUT2D eigenvalue weighted by Gasteiger charge is 2.37. The van der Waals surface area contributed by atoms with Crippen LogP contribution in [0, 0.1) is 0 Å². The van der Waals surface area contributed by atoms with Gasteiger partial charge < -0.3 is 14.2 Å². The Labute approximate surface area is 158 Å². The average Bonchev–Trinajstić information content (AvgIpc) is 2.54. The van der Waals surface area contributed by atoms with Gasteiger partial charge in [0.25, 0.3) is 0 Å². The van der Waals surface area contributed by atoms with Crippen LogP contribution < -0.4 is 10.2 Å². The summed E-state index contributed by atoms with van der Waals surface area (Å²) in [5.41, 5.74) is 0.848. The van der Waals surface area contributed by atoms with Gasteiger partial charge in [-0.25, -0.2) is 0 Å². The predicted molar refractivity (Wildman–Crippen MR) is 92.2 cm³/mol. The van der Waals surface area contributed by atoms with Crippen molar-refractivity contribution in [2.24, 2.45) is 5.10 Å². The molecule has 0 aliphatic heterocycles. The van der Waals surface area contributed by atoms with E-state index in [9.17, 15) is 18.0 Å². The smallest absolute Gasteiger partial charge is 0.431 e. The van der Waals surface area contributed by atoms with Crippen LogP contribution in [0.25, 0.3) is 0 Å². The van der Waals surface area contributed by atoms with Crippen molar-refractivity contribution in [3.63, 3.8) is 0 Å². The first kappa shape index (κ1) is 22.3. The molecule has 0 fully saturated rings. The van der Waals surface area contributed by atoms with Crippen LogP contribution in [-0.4, -0.2) is 44.8 Å². The summed E-state index contributed by atoms with van der Waals surface area (Å²) in [5.74, 6) is -0.860. The van der Waals surface area contributed by atoms with E-state index < -0.39 is 24.3 Å². The monoisotopic (exact) mass is 416 g/mol. The normalized spacial score (nSPS) is 12.0. The number of methoxy groups -OCH3 is 1. The van der Waals surface area contributed by atoms with Crippen molar-refractivity contribution in [3.05, 3.63) is 22.2 Å². The molecule has 0 aliphatic rings. The zero-order valence-electron chi connectivity index (χ0n) is 14.0. The predicted octanol–water partition coefficient (Wildman–Crippen LogP) is 4.30. The largest absolute Gasteiger partial charge is 0.490 e. The molecule has 0 saturated carbocycles. The van der Waals surface area contributed by atoms with Gasteiger partial charge in [-0.2, -0.15) is 18.3 Å². The number of hydrogen-bond acceptors (Lipinski definition) is 6. The molecule has 0 unspecified atom stereocenters. The van der Waals surface area contributed by atoms with Gasteiger partial charge in [-0.3, -0.25) is 10.2 Å². The fourth-order valence-electron chi connectivity index (χ4n) is 1.64. The number of rotatable bonds is 9. The van der Waals surface area contributed by atoms with E-state index in [1.165, 1.54) is 26.2 Å². The lowest BCUT2D eigenvalue weighted by atomic mass is 10.2. The maximum atomic E-state index is 13.0. The van der Waals surface area contributed by atoms with E-state index in [4.69, 9.17) is 32.7 Å². The van der Waals surface area contributed by atoms with Gasteiger partial charge in [0, 0.05) is 13.2 Å². The molecule has 0 spiro atoms. The minimum atomic E-state index is -4.82. The second kappa shape index (κ2) is 10.4. The molecule has 0 heterocycles. The Morgan fingerprint density at radius 2 is 1.92 bits per heavy atom. The van der Waals surface area contributed by atoms with Gasteiger partial charge in [-0.05, 0) is 13.0 Å². The summed E-state index contributed by atoms with van der Waals surface area (Å²) in [4.78, 5) is 11.3. The van der Waals surface area contributed by atoms with E-state index in [1.807, 2.05) is 0 Å². The van der Waals surface area contributed by atoms with E-state index >= 15 is 0 Å². The zero-order chi connectivity index (χ0) is 19.7. The molecule has 146 valence electrons. The standard InChI is InChI=1S/C15H17Cl2F3N2O4/c1-3-25-14(23)8-13(15(18,19)20)22-21-11-7-12(26-5-4-24-2)10(17)6-9(11)16/h6-7,21H,3-5,8H2,1-2H3/b22-13-. The van der Waals surface area contributed by atoms with E-state index in [0.717, 1.165) is 0 Å². The summed E-state index contributed by atoms with van der Waals surface area (Å²) in [6.07, 6.45) is -5.86. The van der Waals surface area contributed by atoms with Crippen LogP contribution in [0.4, 0.5) is 18.9 Å². The molecule has 0 aromatic heterocycles. The molecule has 1 aromatic carbocycles. The number of esters is 1. The Balaban J connectivity index is 3.00. The molecular formula is C15H17Cl2F3N2O4. The SMILES string of the molecule is CCOC(=O)C/C(=N/Nc1cc(OCCOC)c(Cl)cc1Cl)C(F)(F)F. The topological polar surface area (TPSA) is 69.2 Å². The van der Waals surface area contributed by atoms with E-state index in [1.54, 1.807) is 0 Å². The molecule has 1 rings (SSSR count). The van der Waals surface area contributed by atoms with Crippen molar-refractivity contribution < 1.29 is 32.2 Å². The lowest BCUT2D eigenvalue weighted by Gasteiger charge is -2.13. The number of hydrogen-bond donors (Lipinski definition) is 1. The first-order valence-corrected chi connectivity index (χ1v) is 8.10. The minimum absolute atomic E-state index is 0.0223. The van der Waals surface area contributed by atoms with Gasteiger partial charge in [-0.15, -0.1) is 0 Å². The Kier molecular flexibility index (Phi) is 8.97. The molecule has 0 atom stereocenters. The van der Waals surface area contributed by atoms with Crippen LogP contribution in [0.3, 0.4) is 0 Å². The van der Waals surface area contributed by atoms with Crippen molar-refractivity contribution in [2.75, 3.05) is 32.4 Å². The van der Waals surface area contributed by atoms with Gasteiger partial charge in [-0.1, -0.05) is 23.2 Å². The number of alkyl halides is 3. The summed E-state index contributed by atoms with van der Waals surface area (Å²) in [7, 11) is 1.48. The quantitative estimate of drug-likeness (QED) is 0.281. The number of hydrazone groups is 1. The molecule has 1 N–H and O–H groups in total. The third-order valence-electron chi connectivity index (χ3n) is 2.82. The number of halogens is 5. The van der Waals surface area contributed by atoms with Crippen LogP contribution in [0.5, 0.6) is 5.75 Å². The molecular weight excluding hydrogens is 400 g/mol. The van der Waals surface area contributed by atoms with Crippen molar-refractivity contribution in [1.29, 1.82) is 0 Å². The molecule has 11 heteroatoms. The Morgan fingerprint density at radius 1 is 1.23 bits per heavy atom. The van der Waals surface area contributed by atoms with Crippen LogP contribution >= 0.6 is 23.2 Å². The highest BCUT2D eigenvalue weighted by atomic mass is 35.5. The molecule has 0 amide bonds. The van der Waals surface area contributed by atoms with Gasteiger partial charge in [0.05, 0.1) is 35.4 Å². The third-order valence-corrected chi connectivity index (χ3v) is 3.43. The molecule has 0 radical (unpaired) electrons. The number of benzene rings is 1. The lowest BCUT2D eigenvalue weighted by molar-refractivity contribution is -0.142. The fraction of sp³-hybridized carbons (Fsp3) is 0.467. The zero-order valence-corrected chi connectivity index (χ0v) is 15.5. The minimum Gasteiger partial charge on any atom is -0.490 e. The first-order chi connectivity index (χ1) is 12.2. The maximum Gasteiger partial charge on any atom is 0.431 e. The van der Waals surface area contributed by atoms with Crippen molar-refractivity contribution in [3.8, 4) is 5.75 Å². The first-order valence-electron chi connectivity index (χ1n) is 7.35. The van der Waals surface area contributed by atoms with E-state index in [0.29, 0.717) is 0 Å². The number of nitrogens with one attached hydrogen (secondary N) is 1. The highest BCUT2D eigenvalue weighted by Crippen LogP contribution is 2.34. The Bertz CT molecular complexity index is 655. The van der Waals surface area contributed by atoms with Crippen LogP contribution in [-0.2, 0) is 14.3 Å². The maximum absolute atomic E-state index is 13.0. The molecule has 6 nitrogen and oxygen atoms in total. The number of ether oxygens (including phenoxy) is 3. The lowest BCUT2D eigenvalue weighted by Crippen LogP contribution is -2.27. The average molecular weight is 417 g/mol. The van der Waals surface area contributed by atoms with Gasteiger partial charge in [0.1, 0.15) is 12.4 Å². The number of carbonyl (C=O) groups is 1. The summed E-state index contributed by atoms with van der Waals surface area (Å²) in [6.45, 7) is 1.91. The van der Waals surface area contributed by atoms with Crippen molar-refractivity contribution >= 4 is 40.6 Å². The summed E-state index contributed by atoms with van der Waals surface area (Å²) in [6, 6.07) is 2.59. The van der Waals surface area contributed by atoms with Crippen LogP contribution in [0.2, 0.25) is 10.0 Å². The third kappa shape index (κ3) is 7.27. The Hall–Kier alpha value is -1.71. The highest BCUT2D eigenvalue weighted by molar-refractivity contribution is 6.37. The number of carbonyl (C=O) groups excluding carboxylic acids is 1. The molecule has 0 aliphatic carbocycles. The second-order valence-electron chi connectivity index (χ2n) is 4.75. The van der Waals surface area contributed by atoms with Gasteiger partial charge in [0.2, 0.25) is 0 Å². The molecule has 0 saturated heterocycles. The molecule has 26 heavy (non-hydrogen) atoms. The number of anilines is 1. The Morgan fingerprint density at radius 3 is 2.50 bits per heavy atom.